The summed E-state index contributed by atoms with van der Waals surface area (Å²) in [4.78, 5) is 18.0. The summed E-state index contributed by atoms with van der Waals surface area (Å²) in [5.41, 5.74) is 3.67. The van der Waals surface area contributed by atoms with E-state index in [-0.39, 0.29) is 4.90 Å². The molecule has 3 aromatic rings. The number of hydrogen-bond acceptors (Lipinski definition) is 4. The van der Waals surface area contributed by atoms with E-state index in [1.165, 1.54) is 39.9 Å². The smallest absolute Gasteiger partial charge is 0.279 e. The third-order valence-corrected chi connectivity index (χ3v) is 8.57. The lowest BCUT2D eigenvalue weighted by Crippen LogP contribution is -2.27. The quantitative estimate of drug-likeness (QED) is 0.545. The maximum Gasteiger partial charge on any atom is 0.279 e. The van der Waals surface area contributed by atoms with Crippen LogP contribution in [0.5, 0.6) is 0 Å². The highest BCUT2D eigenvalue weighted by molar-refractivity contribution is 7.89. The van der Waals surface area contributed by atoms with Gasteiger partial charge < -0.3 is 4.57 Å². The fraction of sp³-hybridized carbons (Fsp3) is 0.304. The molecular weight excluding hydrogens is 430 g/mol. The molecule has 1 amide bonds. The summed E-state index contributed by atoms with van der Waals surface area (Å²) >= 11 is 1.47. The van der Waals surface area contributed by atoms with Crippen LogP contribution in [0, 0.1) is 13.8 Å². The van der Waals surface area contributed by atoms with Crippen molar-refractivity contribution in [3.63, 3.8) is 0 Å². The van der Waals surface area contributed by atoms with E-state index in [1.807, 2.05) is 11.5 Å². The molecule has 1 saturated heterocycles. The Morgan fingerprint density at radius 1 is 1.16 bits per heavy atom. The highest BCUT2D eigenvalue weighted by Gasteiger charge is 2.27. The molecule has 0 radical (unpaired) electrons. The summed E-state index contributed by atoms with van der Waals surface area (Å²) in [5, 5.41) is 0. The van der Waals surface area contributed by atoms with E-state index in [4.69, 9.17) is 0 Å². The van der Waals surface area contributed by atoms with Crippen LogP contribution in [-0.4, -0.2) is 36.3 Å². The molecule has 0 N–H and O–H groups in total. The monoisotopic (exact) mass is 455 g/mol. The maximum absolute atomic E-state index is 12.9. The number of thiazole rings is 1. The van der Waals surface area contributed by atoms with E-state index in [0.717, 1.165) is 34.2 Å². The molecule has 0 spiro atoms. The molecule has 4 rings (SSSR count). The molecule has 8 heteroatoms. The molecule has 2 aromatic carbocycles. The molecule has 0 saturated carbocycles. The number of benzene rings is 2. The Morgan fingerprint density at radius 3 is 2.48 bits per heavy atom. The van der Waals surface area contributed by atoms with Crippen LogP contribution in [0.2, 0.25) is 0 Å². The van der Waals surface area contributed by atoms with Crippen molar-refractivity contribution in [1.29, 1.82) is 0 Å². The van der Waals surface area contributed by atoms with Gasteiger partial charge in [-0.15, -0.1) is 6.58 Å². The standard InChI is InChI=1S/C23H25N3O3S2/c1-4-11-26-20-15-16(2)14-17(3)21(20)30-23(26)24-22(27)18-7-9-19(10-8-18)31(28,29)25-12-5-6-13-25/h4,7-10,14-15H,1,5-6,11-13H2,2-3H3. The third kappa shape index (κ3) is 4.15. The van der Waals surface area contributed by atoms with Crippen LogP contribution < -0.4 is 4.80 Å². The van der Waals surface area contributed by atoms with Crippen molar-refractivity contribution >= 4 is 37.5 Å². The summed E-state index contributed by atoms with van der Waals surface area (Å²) in [5.74, 6) is -0.399. The average molecular weight is 456 g/mol. The largest absolute Gasteiger partial charge is 0.312 e. The first kappa shape index (κ1) is 21.7. The van der Waals surface area contributed by atoms with Gasteiger partial charge in [0.05, 0.1) is 15.1 Å². The number of allylic oxidation sites excluding steroid dienone is 1. The Kier molecular flexibility index (Phi) is 5.96. The summed E-state index contributed by atoms with van der Waals surface area (Å²) in [6.45, 7) is 9.56. The zero-order valence-electron chi connectivity index (χ0n) is 17.7. The first-order valence-corrected chi connectivity index (χ1v) is 12.5. The van der Waals surface area contributed by atoms with Crippen molar-refractivity contribution in [3.05, 3.63) is 70.5 Å². The van der Waals surface area contributed by atoms with Crippen molar-refractivity contribution in [2.45, 2.75) is 38.1 Å². The van der Waals surface area contributed by atoms with Gasteiger partial charge in [-0.3, -0.25) is 4.79 Å². The third-order valence-electron chi connectivity index (χ3n) is 5.43. The summed E-state index contributed by atoms with van der Waals surface area (Å²) < 4.78 is 29.9. The van der Waals surface area contributed by atoms with E-state index >= 15 is 0 Å². The number of rotatable bonds is 5. The molecule has 0 aliphatic carbocycles. The number of amides is 1. The van der Waals surface area contributed by atoms with Gasteiger partial charge in [-0.25, -0.2) is 8.42 Å². The highest BCUT2D eigenvalue weighted by atomic mass is 32.2. The van der Waals surface area contributed by atoms with E-state index in [0.29, 0.717) is 30.0 Å². The van der Waals surface area contributed by atoms with E-state index in [1.54, 1.807) is 6.08 Å². The van der Waals surface area contributed by atoms with Crippen molar-refractivity contribution in [3.8, 4) is 0 Å². The molecule has 0 unspecified atom stereocenters. The Balaban J connectivity index is 1.70. The fourth-order valence-corrected chi connectivity index (χ4v) is 6.51. The highest BCUT2D eigenvalue weighted by Crippen LogP contribution is 2.24. The van der Waals surface area contributed by atoms with Crippen LogP contribution in [-0.2, 0) is 16.6 Å². The van der Waals surface area contributed by atoms with Gasteiger partial charge in [0.15, 0.2) is 4.80 Å². The van der Waals surface area contributed by atoms with Crippen LogP contribution in [0.3, 0.4) is 0 Å². The molecule has 0 atom stereocenters. The average Bonchev–Trinajstić information content (AvgIpc) is 3.39. The lowest BCUT2D eigenvalue weighted by atomic mass is 10.1. The first-order chi connectivity index (χ1) is 14.8. The fourth-order valence-electron chi connectivity index (χ4n) is 3.90. The van der Waals surface area contributed by atoms with Crippen LogP contribution in [0.4, 0.5) is 0 Å². The zero-order valence-corrected chi connectivity index (χ0v) is 19.3. The maximum atomic E-state index is 12.9. The molecule has 162 valence electrons. The van der Waals surface area contributed by atoms with Crippen molar-refractivity contribution in [2.75, 3.05) is 13.1 Å². The van der Waals surface area contributed by atoms with Crippen LogP contribution in [0.15, 0.2) is 58.9 Å². The number of carbonyl (C=O) groups is 1. The molecule has 1 aliphatic rings. The number of sulfonamides is 1. The predicted molar refractivity (Wildman–Crippen MR) is 124 cm³/mol. The lowest BCUT2D eigenvalue weighted by molar-refractivity contribution is 0.0998. The number of carbonyl (C=O) groups excluding carboxylic acids is 1. The second-order valence-electron chi connectivity index (χ2n) is 7.77. The van der Waals surface area contributed by atoms with E-state index in [2.05, 4.69) is 30.6 Å². The van der Waals surface area contributed by atoms with Gasteiger partial charge in [0.1, 0.15) is 0 Å². The Bertz CT molecular complexity index is 1330. The minimum Gasteiger partial charge on any atom is -0.312 e. The number of nitrogens with zero attached hydrogens (tertiary/aromatic N) is 3. The predicted octanol–water partition coefficient (Wildman–Crippen LogP) is 4.03. The van der Waals surface area contributed by atoms with Gasteiger partial charge in [0.25, 0.3) is 5.91 Å². The number of aryl methyl sites for hydroxylation is 2. The van der Waals surface area contributed by atoms with Gasteiger partial charge in [-0.05, 0) is 68.1 Å². The molecular formula is C23H25N3O3S2. The van der Waals surface area contributed by atoms with Crippen LogP contribution >= 0.6 is 11.3 Å². The molecule has 2 heterocycles. The lowest BCUT2D eigenvalue weighted by Gasteiger charge is -2.15. The molecule has 1 fully saturated rings. The van der Waals surface area contributed by atoms with Gasteiger partial charge in [0, 0.05) is 25.2 Å². The van der Waals surface area contributed by atoms with Crippen molar-refractivity contribution < 1.29 is 13.2 Å². The Morgan fingerprint density at radius 2 is 1.84 bits per heavy atom. The molecule has 6 nitrogen and oxygen atoms in total. The zero-order chi connectivity index (χ0) is 22.2. The van der Waals surface area contributed by atoms with Gasteiger partial charge in [0.2, 0.25) is 10.0 Å². The SMILES string of the molecule is C=CCn1c(=NC(=O)c2ccc(S(=O)(=O)N3CCCC3)cc2)sc2c(C)cc(C)cc21. The second-order valence-corrected chi connectivity index (χ2v) is 10.7. The number of aromatic nitrogens is 1. The molecule has 0 bridgehead atoms. The summed E-state index contributed by atoms with van der Waals surface area (Å²) in [6.07, 6.45) is 3.55. The van der Waals surface area contributed by atoms with Crippen LogP contribution in [0.25, 0.3) is 10.2 Å². The number of fused-ring (bicyclic) bond motifs is 1. The Hall–Kier alpha value is -2.55. The number of hydrogen-bond donors (Lipinski definition) is 0. The van der Waals surface area contributed by atoms with Gasteiger partial charge >= 0.3 is 0 Å². The first-order valence-electron chi connectivity index (χ1n) is 10.2. The van der Waals surface area contributed by atoms with E-state index < -0.39 is 15.9 Å². The van der Waals surface area contributed by atoms with E-state index in [9.17, 15) is 13.2 Å². The normalized spacial score (nSPS) is 15.6. The second kappa shape index (κ2) is 8.53. The van der Waals surface area contributed by atoms with Crippen molar-refractivity contribution in [1.82, 2.24) is 8.87 Å². The summed E-state index contributed by atoms with van der Waals surface area (Å²) in [7, 11) is -3.50. The molecule has 31 heavy (non-hydrogen) atoms. The van der Waals surface area contributed by atoms with Gasteiger partial charge in [-0.1, -0.05) is 23.5 Å². The summed E-state index contributed by atoms with van der Waals surface area (Å²) in [6, 6.07) is 10.3. The minimum absolute atomic E-state index is 0.209. The topological polar surface area (TPSA) is 71.7 Å². The minimum atomic E-state index is -3.50. The molecule has 1 aromatic heterocycles. The Labute approximate surface area is 186 Å². The van der Waals surface area contributed by atoms with Crippen molar-refractivity contribution in [2.24, 2.45) is 4.99 Å². The molecule has 1 aliphatic heterocycles. The van der Waals surface area contributed by atoms with Crippen LogP contribution in [0.1, 0.15) is 34.3 Å². The van der Waals surface area contributed by atoms with Gasteiger partial charge in [-0.2, -0.15) is 9.30 Å².